The van der Waals surface area contributed by atoms with Crippen LogP contribution in [-0.2, 0) is 15.3 Å². The van der Waals surface area contributed by atoms with Gasteiger partial charge in [-0.25, -0.2) is 4.98 Å². The van der Waals surface area contributed by atoms with E-state index in [2.05, 4.69) is 15.6 Å². The van der Waals surface area contributed by atoms with Gasteiger partial charge in [0.05, 0.1) is 36.0 Å². The predicted molar refractivity (Wildman–Crippen MR) is 153 cm³/mol. The van der Waals surface area contributed by atoms with E-state index in [1.54, 1.807) is 13.1 Å². The summed E-state index contributed by atoms with van der Waals surface area (Å²) in [5.74, 6) is 0.417. The van der Waals surface area contributed by atoms with Gasteiger partial charge in [-0.3, -0.25) is 19.0 Å². The smallest absolute Gasteiger partial charge is 0.294 e. The number of hydrogen-bond donors (Lipinski definition) is 4. The molecule has 3 rings (SSSR count). The number of thioether (sulfide) groups is 1. The molecule has 0 aliphatic carbocycles. The van der Waals surface area contributed by atoms with Crippen LogP contribution in [-0.4, -0.2) is 51.5 Å². The predicted octanol–water partition coefficient (Wildman–Crippen LogP) is 3.95. The van der Waals surface area contributed by atoms with Gasteiger partial charge in [-0.05, 0) is 18.9 Å². The fourth-order valence-electron chi connectivity index (χ4n) is 3.63. The van der Waals surface area contributed by atoms with Crippen LogP contribution in [0.25, 0.3) is 11.3 Å². The van der Waals surface area contributed by atoms with Crippen LogP contribution >= 0.6 is 11.8 Å². The molecule has 0 aliphatic rings. The standard InChI is InChI=1S/C28H32N6O3S/c1-3-25(27(36)32-14-22(35)18-38-17-20-10-6-4-7-11-20)34-16-24(21-12-8-5-9-13-21)33-26(28(34)37)31-15-23(30)19(2)29/h4-13,16,25,29-30H,3,14-15,17-18H2,1-2H3,(H,31,33)(H,32,36). The molecule has 2 aromatic carbocycles. The maximum atomic E-state index is 13.3. The molecule has 1 aromatic heterocycles. The quantitative estimate of drug-likeness (QED) is 0.232. The second-order valence-electron chi connectivity index (χ2n) is 8.67. The number of nitrogens with one attached hydrogen (secondary N) is 4. The third kappa shape index (κ3) is 7.97. The van der Waals surface area contributed by atoms with Crippen LogP contribution in [0.4, 0.5) is 5.82 Å². The van der Waals surface area contributed by atoms with E-state index >= 15 is 0 Å². The number of Topliss-reactive ketones (excluding diaryl/α,β-unsaturated/α-hetero) is 1. The van der Waals surface area contributed by atoms with Gasteiger partial charge in [0, 0.05) is 17.5 Å². The molecule has 9 nitrogen and oxygen atoms in total. The summed E-state index contributed by atoms with van der Waals surface area (Å²) in [4.78, 5) is 43.3. The van der Waals surface area contributed by atoms with Crippen molar-refractivity contribution in [3.8, 4) is 11.3 Å². The van der Waals surface area contributed by atoms with Gasteiger partial charge >= 0.3 is 0 Å². The molecule has 3 aromatic rings. The third-order valence-corrected chi connectivity index (χ3v) is 6.81. The number of rotatable bonds is 14. The molecule has 0 bridgehead atoms. The lowest BCUT2D eigenvalue weighted by Gasteiger charge is -2.20. The summed E-state index contributed by atoms with van der Waals surface area (Å²) in [5.41, 5.74) is 1.94. The van der Waals surface area contributed by atoms with Crippen molar-refractivity contribution in [2.24, 2.45) is 0 Å². The van der Waals surface area contributed by atoms with E-state index in [1.165, 1.54) is 23.3 Å². The number of aromatic nitrogens is 2. The number of benzene rings is 2. The van der Waals surface area contributed by atoms with Crippen LogP contribution in [0, 0.1) is 10.8 Å². The second-order valence-corrected chi connectivity index (χ2v) is 9.65. The summed E-state index contributed by atoms with van der Waals surface area (Å²) in [6.07, 6.45) is 1.86. The zero-order valence-electron chi connectivity index (χ0n) is 21.5. The highest BCUT2D eigenvalue weighted by molar-refractivity contribution is 7.99. The minimum atomic E-state index is -0.859. The van der Waals surface area contributed by atoms with Crippen molar-refractivity contribution in [3.05, 3.63) is 82.8 Å². The lowest BCUT2D eigenvalue weighted by atomic mass is 10.1. The Morgan fingerprint density at radius 3 is 2.32 bits per heavy atom. The fourth-order valence-corrected chi connectivity index (χ4v) is 4.49. The molecule has 0 saturated carbocycles. The lowest BCUT2D eigenvalue weighted by molar-refractivity contribution is -0.127. The summed E-state index contributed by atoms with van der Waals surface area (Å²) in [7, 11) is 0. The van der Waals surface area contributed by atoms with Gasteiger partial charge in [0.2, 0.25) is 5.91 Å². The third-order valence-electron chi connectivity index (χ3n) is 5.75. The van der Waals surface area contributed by atoms with Crippen molar-refractivity contribution in [2.45, 2.75) is 32.1 Å². The molecule has 38 heavy (non-hydrogen) atoms. The SMILES string of the molecule is CCC(C(=O)NCC(=O)CSCc1ccccc1)n1cc(-c2ccccc2)nc(NCC(=N)C(C)=N)c1=O. The Hall–Kier alpha value is -4.05. The number of anilines is 1. The highest BCUT2D eigenvalue weighted by atomic mass is 32.2. The number of hydrogen-bond acceptors (Lipinski definition) is 8. The van der Waals surface area contributed by atoms with E-state index in [0.29, 0.717) is 17.9 Å². The van der Waals surface area contributed by atoms with Crippen molar-refractivity contribution in [1.82, 2.24) is 14.9 Å². The molecule has 1 atom stereocenters. The summed E-state index contributed by atoms with van der Waals surface area (Å²) >= 11 is 1.49. The topological polar surface area (TPSA) is 141 Å². The van der Waals surface area contributed by atoms with E-state index < -0.39 is 17.5 Å². The first kappa shape index (κ1) is 28.5. The number of nitrogens with zero attached hydrogens (tertiary/aromatic N) is 2. The van der Waals surface area contributed by atoms with Crippen LogP contribution in [0.2, 0.25) is 0 Å². The van der Waals surface area contributed by atoms with Crippen LogP contribution < -0.4 is 16.2 Å². The Kier molecular flexibility index (Phi) is 10.5. The van der Waals surface area contributed by atoms with Crippen molar-refractivity contribution in [2.75, 3.05) is 24.2 Å². The average Bonchev–Trinajstić information content (AvgIpc) is 2.93. The van der Waals surface area contributed by atoms with Gasteiger partial charge in [0.25, 0.3) is 5.56 Å². The summed E-state index contributed by atoms with van der Waals surface area (Å²) in [6, 6.07) is 18.2. The van der Waals surface area contributed by atoms with Crippen molar-refractivity contribution in [3.63, 3.8) is 0 Å². The highest BCUT2D eigenvalue weighted by Crippen LogP contribution is 2.20. The molecular weight excluding hydrogens is 500 g/mol. The Balaban J connectivity index is 1.75. The maximum absolute atomic E-state index is 13.3. The van der Waals surface area contributed by atoms with E-state index in [-0.39, 0.29) is 41.9 Å². The molecule has 4 N–H and O–H groups in total. The Bertz CT molecular complexity index is 1340. The number of carbonyl (C=O) groups is 2. The average molecular weight is 533 g/mol. The molecule has 198 valence electrons. The lowest BCUT2D eigenvalue weighted by Crippen LogP contribution is -2.40. The molecule has 1 amide bonds. The van der Waals surface area contributed by atoms with Crippen LogP contribution in [0.1, 0.15) is 31.9 Å². The minimum Gasteiger partial charge on any atom is -0.360 e. The van der Waals surface area contributed by atoms with Gasteiger partial charge in [0.15, 0.2) is 11.6 Å². The minimum absolute atomic E-state index is 0.0167. The normalized spacial score (nSPS) is 11.4. The Morgan fingerprint density at radius 1 is 1.03 bits per heavy atom. The second kappa shape index (κ2) is 14.0. The van der Waals surface area contributed by atoms with E-state index in [4.69, 9.17) is 10.8 Å². The van der Waals surface area contributed by atoms with Gasteiger partial charge in [-0.1, -0.05) is 67.6 Å². The molecular formula is C28H32N6O3S. The van der Waals surface area contributed by atoms with E-state index in [9.17, 15) is 14.4 Å². The Labute approximate surface area is 226 Å². The van der Waals surface area contributed by atoms with Crippen molar-refractivity contribution in [1.29, 1.82) is 10.8 Å². The first-order valence-electron chi connectivity index (χ1n) is 12.3. The van der Waals surface area contributed by atoms with Crippen LogP contribution in [0.5, 0.6) is 0 Å². The van der Waals surface area contributed by atoms with E-state index in [0.717, 1.165) is 11.1 Å². The molecule has 0 fully saturated rings. The van der Waals surface area contributed by atoms with Gasteiger partial charge < -0.3 is 21.5 Å². The summed E-state index contributed by atoms with van der Waals surface area (Å²) < 4.78 is 1.32. The zero-order valence-corrected chi connectivity index (χ0v) is 22.3. The van der Waals surface area contributed by atoms with Crippen LogP contribution in [0.15, 0.2) is 71.7 Å². The number of amides is 1. The highest BCUT2D eigenvalue weighted by Gasteiger charge is 2.23. The molecule has 10 heteroatoms. The number of ketones is 1. The summed E-state index contributed by atoms with van der Waals surface area (Å²) in [6.45, 7) is 3.12. The fraction of sp³-hybridized carbons (Fsp3) is 0.286. The van der Waals surface area contributed by atoms with Gasteiger partial charge in [0.1, 0.15) is 6.04 Å². The Morgan fingerprint density at radius 2 is 1.68 bits per heavy atom. The zero-order chi connectivity index (χ0) is 27.5. The van der Waals surface area contributed by atoms with E-state index in [1.807, 2.05) is 60.7 Å². The first-order valence-corrected chi connectivity index (χ1v) is 13.4. The molecule has 1 unspecified atom stereocenters. The first-order chi connectivity index (χ1) is 18.3. The monoisotopic (exact) mass is 532 g/mol. The molecule has 0 aliphatic heterocycles. The molecule has 0 saturated heterocycles. The molecule has 0 radical (unpaired) electrons. The maximum Gasteiger partial charge on any atom is 0.294 e. The summed E-state index contributed by atoms with van der Waals surface area (Å²) in [5, 5.41) is 21.0. The van der Waals surface area contributed by atoms with Crippen molar-refractivity contribution < 1.29 is 9.59 Å². The molecule has 1 heterocycles. The number of carbonyl (C=O) groups excluding carboxylic acids is 2. The van der Waals surface area contributed by atoms with Gasteiger partial charge in [-0.15, -0.1) is 11.8 Å². The molecule has 0 spiro atoms. The largest absolute Gasteiger partial charge is 0.360 e. The van der Waals surface area contributed by atoms with Crippen LogP contribution in [0.3, 0.4) is 0 Å². The van der Waals surface area contributed by atoms with Gasteiger partial charge in [-0.2, -0.15) is 0 Å². The van der Waals surface area contributed by atoms with Crippen molar-refractivity contribution >= 4 is 40.7 Å².